The second kappa shape index (κ2) is 2.45. The van der Waals surface area contributed by atoms with E-state index in [0.717, 1.165) is 6.92 Å². The quantitative estimate of drug-likeness (QED) is 0.349. The Morgan fingerprint density at radius 2 is 3.17 bits per heavy atom. The maximum Gasteiger partial charge on any atom is 0.307 e. The summed E-state index contributed by atoms with van der Waals surface area (Å²) in [5.74, 6) is -0.683. The number of carbonyl (C=O) groups is 1. The molecule has 0 unspecified atom stereocenters. The van der Waals surface area contributed by atoms with Crippen molar-refractivity contribution < 1.29 is 13.6 Å². The molecule has 0 aliphatic rings. The Labute approximate surface area is 40.6 Å². The van der Waals surface area contributed by atoms with E-state index in [1.54, 1.807) is 0 Å². The van der Waals surface area contributed by atoms with Gasteiger partial charge < -0.3 is 4.74 Å². The molecule has 0 aromatic rings. The smallest absolute Gasteiger partial charge is 0.307 e. The first-order chi connectivity index (χ1) is 4.04. The molecule has 0 saturated heterocycles. The van der Waals surface area contributed by atoms with Gasteiger partial charge in [0.1, 0.15) is 1.37 Å². The predicted molar refractivity (Wildman–Crippen MR) is 22.0 cm³/mol. The van der Waals surface area contributed by atoms with E-state index in [4.69, 9.17) is 4.11 Å². The van der Waals surface area contributed by atoms with E-state index in [2.05, 4.69) is 4.74 Å². The molecule has 0 aromatic heterocycles. The topological polar surface area (TPSA) is 26.3 Å². The highest BCUT2D eigenvalue weighted by Crippen LogP contribution is 1.70. The van der Waals surface area contributed by atoms with E-state index in [0.29, 0.717) is 0 Å². The van der Waals surface area contributed by atoms with Gasteiger partial charge in [0.2, 0.25) is 0 Å². The molecule has 0 atom stereocenters. The molecule has 0 aromatic carbocycles. The highest BCUT2D eigenvalue weighted by Gasteiger charge is 1.79. The van der Waals surface area contributed by atoms with Gasteiger partial charge in [0.05, 0.1) is 8.98 Å². The van der Waals surface area contributed by atoms with Crippen molar-refractivity contribution in [2.45, 2.75) is 6.92 Å². The summed E-state index contributed by atoms with van der Waals surface area (Å²) in [6.45, 7) is 0.308. The van der Waals surface area contributed by atoms with Crippen molar-refractivity contribution in [3.05, 3.63) is 12.8 Å². The van der Waals surface area contributed by atoms with Crippen LogP contribution in [0.1, 0.15) is 11.0 Å². The normalized spacial score (nSPS) is 13.2. The van der Waals surface area contributed by atoms with Crippen LogP contribution in [0.3, 0.4) is 0 Å². The van der Waals surface area contributed by atoms with Gasteiger partial charge in [-0.3, -0.25) is 4.79 Å². The number of esters is 1. The Bertz CT molecular complexity index is 148. The largest absolute Gasteiger partial charge is 0.435 e. The lowest BCUT2D eigenvalue weighted by atomic mass is 10.8. The standard InChI is InChI=1S/C4H6O2/c1-3-6-4(2)5/h3H,1H2,2H3/i1D2,3D. The molecule has 0 rings (SSSR count). The van der Waals surface area contributed by atoms with Gasteiger partial charge in [-0.1, -0.05) is 6.53 Å². The minimum absolute atomic E-state index is 0.683. The average Bonchev–Trinajstić information content (AvgIpc) is 1.63. The van der Waals surface area contributed by atoms with E-state index < -0.39 is 18.7 Å². The van der Waals surface area contributed by atoms with Crippen LogP contribution in [0, 0.1) is 0 Å². The molecule has 0 aliphatic carbocycles. The van der Waals surface area contributed by atoms with Gasteiger partial charge in [-0.05, 0) is 0 Å². The van der Waals surface area contributed by atoms with Gasteiger partial charge in [0.15, 0.2) is 0 Å². The van der Waals surface area contributed by atoms with Crippen LogP contribution < -0.4 is 0 Å². The molecule has 0 heterocycles. The Morgan fingerprint density at radius 1 is 2.50 bits per heavy atom. The lowest BCUT2D eigenvalue weighted by molar-refractivity contribution is -0.135. The first kappa shape index (κ1) is 1.78. The summed E-state index contributed by atoms with van der Waals surface area (Å²) in [6, 6.07) is 0. The van der Waals surface area contributed by atoms with Gasteiger partial charge in [-0.2, -0.15) is 0 Å². The monoisotopic (exact) mass is 89.1 g/mol. The molecular weight excluding hydrogens is 80.0 g/mol. The second-order valence-electron chi connectivity index (χ2n) is 0.696. The Morgan fingerprint density at radius 3 is 3.33 bits per heavy atom. The number of rotatable bonds is 1. The number of hydrogen-bond donors (Lipinski definition) is 0. The third kappa shape index (κ3) is 3.21. The summed E-state index contributed by atoms with van der Waals surface area (Å²) >= 11 is 0. The average molecular weight is 89.1 g/mol. The van der Waals surface area contributed by atoms with Crippen LogP contribution in [0.5, 0.6) is 0 Å². The molecule has 0 N–H and O–H groups in total. The fourth-order valence-corrected chi connectivity index (χ4v) is 0.0719. The fourth-order valence-electron chi connectivity index (χ4n) is 0.0719. The predicted octanol–water partition coefficient (Wildman–Crippen LogP) is 0.693. The van der Waals surface area contributed by atoms with Gasteiger partial charge in [-0.15, -0.1) is 0 Å². The molecule has 34 valence electrons. The zero-order valence-corrected chi connectivity index (χ0v) is 3.32. The summed E-state index contributed by atoms with van der Waals surface area (Å²) < 4.78 is 23.6. The van der Waals surface area contributed by atoms with Gasteiger partial charge in [0, 0.05) is 6.92 Å². The molecule has 0 radical (unpaired) electrons. The van der Waals surface area contributed by atoms with Crippen LogP contribution in [-0.2, 0) is 9.53 Å². The summed E-state index contributed by atoms with van der Waals surface area (Å²) in [4.78, 5) is 10.0. The van der Waals surface area contributed by atoms with E-state index >= 15 is 0 Å². The molecule has 0 saturated carbocycles. The first-order valence-electron chi connectivity index (χ1n) is 2.86. The summed E-state index contributed by atoms with van der Waals surface area (Å²) in [7, 11) is 0. The van der Waals surface area contributed by atoms with Crippen molar-refractivity contribution in [3.63, 3.8) is 0 Å². The summed E-state index contributed by atoms with van der Waals surface area (Å²) in [6.07, 6.45) is -0.720. The lowest BCUT2D eigenvalue weighted by Gasteiger charge is -1.83. The first-order valence-corrected chi connectivity index (χ1v) is 1.36. The lowest BCUT2D eigenvalue weighted by Crippen LogP contribution is -1.87. The van der Waals surface area contributed by atoms with E-state index in [1.165, 1.54) is 0 Å². The van der Waals surface area contributed by atoms with Crippen molar-refractivity contribution in [2.24, 2.45) is 0 Å². The van der Waals surface area contributed by atoms with Gasteiger partial charge >= 0.3 is 5.97 Å². The number of hydrogen-bond acceptors (Lipinski definition) is 2. The van der Waals surface area contributed by atoms with E-state index in [-0.39, 0.29) is 0 Å². The third-order valence-electron chi connectivity index (χ3n) is 0.195. The zero-order valence-electron chi connectivity index (χ0n) is 6.32. The van der Waals surface area contributed by atoms with E-state index in [1.807, 2.05) is 0 Å². The Hall–Kier alpha value is -0.790. The van der Waals surface area contributed by atoms with Crippen LogP contribution in [0.2, 0.25) is 0 Å². The molecule has 0 spiro atoms. The number of ether oxygens (including phenoxy) is 1. The minimum atomic E-state index is -0.801. The molecule has 0 amide bonds. The van der Waals surface area contributed by atoms with Crippen molar-refractivity contribution >= 4 is 5.97 Å². The SMILES string of the molecule is [2H]C([2H])=C([2H])OC(C)=O. The molecule has 0 aliphatic heterocycles. The van der Waals surface area contributed by atoms with Gasteiger partial charge in [-0.25, -0.2) is 0 Å². The molecular formula is C4H6O2. The highest BCUT2D eigenvalue weighted by molar-refractivity contribution is 5.66. The Kier molecular flexibility index (Phi) is 0.725. The number of carbonyl (C=O) groups excluding carboxylic acids is 1. The van der Waals surface area contributed by atoms with E-state index in [9.17, 15) is 4.79 Å². The van der Waals surface area contributed by atoms with Crippen molar-refractivity contribution in [2.75, 3.05) is 0 Å². The zero-order chi connectivity index (χ0) is 7.44. The molecule has 0 fully saturated rings. The second-order valence-corrected chi connectivity index (χ2v) is 0.696. The van der Waals surface area contributed by atoms with Crippen LogP contribution in [-0.4, -0.2) is 5.97 Å². The Balaban J connectivity index is 3.92. The van der Waals surface area contributed by atoms with Crippen molar-refractivity contribution in [3.8, 4) is 0 Å². The van der Waals surface area contributed by atoms with Crippen LogP contribution in [0.25, 0.3) is 0 Å². The molecule has 0 bridgehead atoms. The molecule has 2 nitrogen and oxygen atoms in total. The minimum Gasteiger partial charge on any atom is -0.435 e. The summed E-state index contributed by atoms with van der Waals surface area (Å²) in [5, 5.41) is 0. The van der Waals surface area contributed by atoms with Crippen LogP contribution >= 0.6 is 0 Å². The third-order valence-corrected chi connectivity index (χ3v) is 0.195. The molecule has 2 heteroatoms. The molecule has 6 heavy (non-hydrogen) atoms. The maximum absolute atomic E-state index is 10.0. The van der Waals surface area contributed by atoms with Crippen LogP contribution in [0.4, 0.5) is 0 Å². The van der Waals surface area contributed by atoms with Crippen molar-refractivity contribution in [1.29, 1.82) is 0 Å². The summed E-state index contributed by atoms with van der Waals surface area (Å²) in [5.41, 5.74) is 0. The fraction of sp³-hybridized carbons (Fsp3) is 0.250. The van der Waals surface area contributed by atoms with Crippen molar-refractivity contribution in [1.82, 2.24) is 0 Å². The van der Waals surface area contributed by atoms with Crippen LogP contribution in [0.15, 0.2) is 12.8 Å². The van der Waals surface area contributed by atoms with Gasteiger partial charge in [0.25, 0.3) is 0 Å². The highest BCUT2D eigenvalue weighted by atomic mass is 16.5. The maximum atomic E-state index is 10.0.